The molecular weight excluding hydrogens is 206 g/mol. The van der Waals surface area contributed by atoms with E-state index in [0.717, 1.165) is 19.4 Å². The van der Waals surface area contributed by atoms with E-state index in [-0.39, 0.29) is 6.10 Å². The van der Waals surface area contributed by atoms with Gasteiger partial charge in [-0.2, -0.15) is 0 Å². The predicted molar refractivity (Wildman–Crippen MR) is 64.2 cm³/mol. The van der Waals surface area contributed by atoms with Gasteiger partial charge in [0, 0.05) is 22.3 Å². The Bertz CT molecular complexity index is 310. The van der Waals surface area contributed by atoms with E-state index < -0.39 is 0 Å². The quantitative estimate of drug-likeness (QED) is 0.828. The molecule has 0 aliphatic heterocycles. The standard InChI is InChI=1S/C12H19NOS/c1-9-6-7-10(15-9)8-13-11-4-2-3-5-12(11)14/h6-7,11-14H,2-5,8H2,1H3/t11-,12-/m1/s1. The first-order valence-electron chi connectivity index (χ1n) is 5.72. The summed E-state index contributed by atoms with van der Waals surface area (Å²) in [6.07, 6.45) is 4.36. The zero-order valence-electron chi connectivity index (χ0n) is 9.20. The minimum absolute atomic E-state index is 0.139. The van der Waals surface area contributed by atoms with Crippen LogP contribution in [-0.4, -0.2) is 17.3 Å². The van der Waals surface area contributed by atoms with Crippen molar-refractivity contribution in [3.8, 4) is 0 Å². The van der Waals surface area contributed by atoms with Crippen LogP contribution in [0.4, 0.5) is 0 Å². The van der Waals surface area contributed by atoms with Crippen LogP contribution in [0.15, 0.2) is 12.1 Å². The zero-order valence-corrected chi connectivity index (χ0v) is 10.0. The molecule has 1 aromatic rings. The number of aliphatic hydroxyl groups is 1. The van der Waals surface area contributed by atoms with Gasteiger partial charge in [0.05, 0.1) is 6.10 Å². The number of rotatable bonds is 3. The van der Waals surface area contributed by atoms with Crippen molar-refractivity contribution < 1.29 is 5.11 Å². The minimum Gasteiger partial charge on any atom is -0.392 e. The maximum Gasteiger partial charge on any atom is 0.0693 e. The van der Waals surface area contributed by atoms with Crippen LogP contribution in [0, 0.1) is 6.92 Å². The smallest absolute Gasteiger partial charge is 0.0693 e. The highest BCUT2D eigenvalue weighted by atomic mass is 32.1. The Morgan fingerprint density at radius 3 is 2.87 bits per heavy atom. The van der Waals surface area contributed by atoms with E-state index in [0.29, 0.717) is 6.04 Å². The SMILES string of the molecule is Cc1ccc(CN[C@@H]2CCCC[C@H]2O)s1. The summed E-state index contributed by atoms with van der Waals surface area (Å²) in [6, 6.07) is 4.63. The fourth-order valence-corrected chi connectivity index (χ4v) is 3.00. The molecule has 2 atom stereocenters. The lowest BCUT2D eigenvalue weighted by Gasteiger charge is -2.28. The molecule has 84 valence electrons. The molecule has 0 spiro atoms. The average Bonchev–Trinajstić information content (AvgIpc) is 2.63. The molecule has 0 unspecified atom stereocenters. The van der Waals surface area contributed by atoms with Gasteiger partial charge >= 0.3 is 0 Å². The molecule has 15 heavy (non-hydrogen) atoms. The topological polar surface area (TPSA) is 32.3 Å². The third kappa shape index (κ3) is 3.03. The lowest BCUT2D eigenvalue weighted by molar-refractivity contribution is 0.0904. The predicted octanol–water partition coefficient (Wildman–Crippen LogP) is 2.45. The van der Waals surface area contributed by atoms with E-state index >= 15 is 0 Å². The third-order valence-corrected chi connectivity index (χ3v) is 4.06. The van der Waals surface area contributed by atoms with Crippen molar-refractivity contribution in [2.75, 3.05) is 0 Å². The van der Waals surface area contributed by atoms with Gasteiger partial charge in [0.15, 0.2) is 0 Å². The fourth-order valence-electron chi connectivity index (χ4n) is 2.16. The Hall–Kier alpha value is -0.380. The highest BCUT2D eigenvalue weighted by molar-refractivity contribution is 7.11. The van der Waals surface area contributed by atoms with Crippen molar-refractivity contribution >= 4 is 11.3 Å². The molecule has 1 aliphatic rings. The van der Waals surface area contributed by atoms with Gasteiger partial charge in [0.25, 0.3) is 0 Å². The van der Waals surface area contributed by atoms with E-state index in [9.17, 15) is 5.11 Å². The Labute approximate surface area is 95.3 Å². The molecule has 3 heteroatoms. The molecule has 1 fully saturated rings. The molecule has 0 amide bonds. The number of aryl methyl sites for hydroxylation is 1. The monoisotopic (exact) mass is 225 g/mol. The van der Waals surface area contributed by atoms with Crippen molar-refractivity contribution in [2.24, 2.45) is 0 Å². The van der Waals surface area contributed by atoms with Gasteiger partial charge in [-0.15, -0.1) is 11.3 Å². The van der Waals surface area contributed by atoms with Crippen LogP contribution in [0.3, 0.4) is 0 Å². The summed E-state index contributed by atoms with van der Waals surface area (Å²) >= 11 is 1.83. The summed E-state index contributed by atoms with van der Waals surface area (Å²) in [4.78, 5) is 2.72. The first-order chi connectivity index (χ1) is 7.25. The number of nitrogens with one attached hydrogen (secondary N) is 1. The number of hydrogen-bond donors (Lipinski definition) is 2. The van der Waals surface area contributed by atoms with Crippen molar-refractivity contribution in [2.45, 2.75) is 51.3 Å². The minimum atomic E-state index is -0.139. The van der Waals surface area contributed by atoms with Crippen LogP contribution in [0.5, 0.6) is 0 Å². The summed E-state index contributed by atoms with van der Waals surface area (Å²) in [6.45, 7) is 3.03. The van der Waals surface area contributed by atoms with E-state index in [1.165, 1.54) is 22.6 Å². The third-order valence-electron chi connectivity index (χ3n) is 3.06. The maximum absolute atomic E-state index is 9.79. The molecule has 2 rings (SSSR count). The highest BCUT2D eigenvalue weighted by Crippen LogP contribution is 2.20. The molecule has 0 aromatic carbocycles. The van der Waals surface area contributed by atoms with Crippen molar-refractivity contribution in [1.29, 1.82) is 0 Å². The van der Waals surface area contributed by atoms with E-state index in [2.05, 4.69) is 24.4 Å². The molecule has 2 N–H and O–H groups in total. The molecule has 1 aliphatic carbocycles. The Morgan fingerprint density at radius 1 is 1.40 bits per heavy atom. The second-order valence-corrected chi connectivity index (χ2v) is 5.72. The van der Waals surface area contributed by atoms with Gasteiger partial charge in [0.1, 0.15) is 0 Å². The van der Waals surface area contributed by atoms with Crippen LogP contribution in [0.1, 0.15) is 35.4 Å². The summed E-state index contributed by atoms with van der Waals surface area (Å²) < 4.78 is 0. The molecule has 0 bridgehead atoms. The Morgan fingerprint density at radius 2 is 2.20 bits per heavy atom. The molecule has 1 aromatic heterocycles. The summed E-state index contributed by atoms with van der Waals surface area (Å²) in [5.74, 6) is 0. The van der Waals surface area contributed by atoms with Crippen LogP contribution in [0.2, 0.25) is 0 Å². The summed E-state index contributed by atoms with van der Waals surface area (Å²) in [5.41, 5.74) is 0. The highest BCUT2D eigenvalue weighted by Gasteiger charge is 2.22. The number of aliphatic hydroxyl groups excluding tert-OH is 1. The molecule has 1 saturated carbocycles. The first-order valence-corrected chi connectivity index (χ1v) is 6.54. The first kappa shape index (κ1) is 11.1. The molecule has 2 nitrogen and oxygen atoms in total. The second-order valence-electron chi connectivity index (χ2n) is 4.35. The molecular formula is C12H19NOS. The largest absolute Gasteiger partial charge is 0.392 e. The fraction of sp³-hybridized carbons (Fsp3) is 0.667. The summed E-state index contributed by atoms with van der Waals surface area (Å²) in [5, 5.41) is 13.3. The van der Waals surface area contributed by atoms with Crippen LogP contribution in [-0.2, 0) is 6.54 Å². The van der Waals surface area contributed by atoms with E-state index in [1.54, 1.807) is 0 Å². The van der Waals surface area contributed by atoms with Crippen LogP contribution in [0.25, 0.3) is 0 Å². The molecule has 0 radical (unpaired) electrons. The lowest BCUT2D eigenvalue weighted by Crippen LogP contribution is -2.41. The van der Waals surface area contributed by atoms with E-state index in [4.69, 9.17) is 0 Å². The molecule has 1 heterocycles. The lowest BCUT2D eigenvalue weighted by atomic mass is 9.92. The van der Waals surface area contributed by atoms with Crippen LogP contribution < -0.4 is 5.32 Å². The van der Waals surface area contributed by atoms with Crippen molar-refractivity contribution in [3.63, 3.8) is 0 Å². The average molecular weight is 225 g/mol. The van der Waals surface area contributed by atoms with Gasteiger partial charge < -0.3 is 10.4 Å². The van der Waals surface area contributed by atoms with Gasteiger partial charge in [-0.1, -0.05) is 12.8 Å². The van der Waals surface area contributed by atoms with Crippen molar-refractivity contribution in [3.05, 3.63) is 21.9 Å². The van der Waals surface area contributed by atoms with Crippen LogP contribution >= 0.6 is 11.3 Å². The normalized spacial score (nSPS) is 26.8. The summed E-state index contributed by atoms with van der Waals surface area (Å²) in [7, 11) is 0. The Balaban J connectivity index is 1.81. The van der Waals surface area contributed by atoms with Gasteiger partial charge in [-0.3, -0.25) is 0 Å². The molecule has 0 saturated heterocycles. The Kier molecular flexibility index (Phi) is 3.78. The van der Waals surface area contributed by atoms with Crippen molar-refractivity contribution in [1.82, 2.24) is 5.32 Å². The second kappa shape index (κ2) is 5.10. The number of hydrogen-bond acceptors (Lipinski definition) is 3. The van der Waals surface area contributed by atoms with Gasteiger partial charge in [0.2, 0.25) is 0 Å². The van der Waals surface area contributed by atoms with E-state index in [1.807, 2.05) is 11.3 Å². The van der Waals surface area contributed by atoms with Gasteiger partial charge in [-0.25, -0.2) is 0 Å². The maximum atomic E-state index is 9.79. The van der Waals surface area contributed by atoms with Gasteiger partial charge in [-0.05, 0) is 31.9 Å². The number of thiophene rings is 1. The zero-order chi connectivity index (χ0) is 10.7.